The minimum absolute atomic E-state index is 0.222. The van der Waals surface area contributed by atoms with Crippen molar-refractivity contribution in [1.82, 2.24) is 0 Å². The molecule has 0 aromatic carbocycles. The summed E-state index contributed by atoms with van der Waals surface area (Å²) < 4.78 is 2.21. The molecule has 0 saturated heterocycles. The van der Waals surface area contributed by atoms with Crippen LogP contribution in [0.1, 0.15) is 33.1 Å². The average molecular weight is 210 g/mol. The van der Waals surface area contributed by atoms with Crippen molar-refractivity contribution >= 4 is 5.97 Å². The van der Waals surface area contributed by atoms with Gasteiger partial charge in [0.15, 0.2) is 12.4 Å². The van der Waals surface area contributed by atoms with E-state index in [-0.39, 0.29) is 6.42 Å². The second-order valence-corrected chi connectivity index (χ2v) is 3.21. The third kappa shape index (κ3) is 8.94. The van der Waals surface area contributed by atoms with Crippen molar-refractivity contribution in [3.63, 3.8) is 0 Å². The van der Waals surface area contributed by atoms with Gasteiger partial charge in [0.25, 0.3) is 0 Å². The van der Waals surface area contributed by atoms with Crippen molar-refractivity contribution in [1.29, 1.82) is 0 Å². The van der Waals surface area contributed by atoms with E-state index in [2.05, 4.69) is 36.0 Å². The Morgan fingerprint density at radius 1 is 1.20 bits per heavy atom. The largest absolute Gasteiger partial charge is 0.481 e. The maximum Gasteiger partial charge on any atom is 0.303 e. The van der Waals surface area contributed by atoms with E-state index in [0.717, 1.165) is 6.54 Å². The zero-order chi connectivity index (χ0) is 11.5. The Balaban J connectivity index is 0.000000336. The quantitative estimate of drug-likeness (QED) is 0.774. The molecule has 1 heterocycles. The summed E-state index contributed by atoms with van der Waals surface area (Å²) in [6.45, 7) is 4.96. The number of carbonyl (C=O) groups is 1. The van der Waals surface area contributed by atoms with Crippen molar-refractivity contribution in [2.45, 2.75) is 39.7 Å². The molecule has 84 valence electrons. The highest BCUT2D eigenvalue weighted by Gasteiger charge is 1.93. The number of aryl methyl sites for hydroxylation is 1. The second kappa shape index (κ2) is 9.19. The van der Waals surface area contributed by atoms with E-state index in [9.17, 15) is 4.79 Å². The molecule has 0 aliphatic heterocycles. The predicted octanol–water partition coefficient (Wildman–Crippen LogP) is 2.26. The van der Waals surface area contributed by atoms with E-state index >= 15 is 0 Å². The molecule has 0 atom stereocenters. The number of nitrogens with zero attached hydrogens (tertiary/aromatic N) is 1. The average Bonchev–Trinajstić information content (AvgIpc) is 2.28. The van der Waals surface area contributed by atoms with Gasteiger partial charge in [0.1, 0.15) is 6.54 Å². The van der Waals surface area contributed by atoms with E-state index < -0.39 is 5.97 Å². The van der Waals surface area contributed by atoms with E-state index in [0.29, 0.717) is 0 Å². The molecule has 0 amide bonds. The van der Waals surface area contributed by atoms with Crippen molar-refractivity contribution in [2.24, 2.45) is 0 Å². The van der Waals surface area contributed by atoms with E-state index in [4.69, 9.17) is 5.11 Å². The van der Waals surface area contributed by atoms with Gasteiger partial charge in [-0.2, -0.15) is 0 Å². The van der Waals surface area contributed by atoms with Crippen LogP contribution in [0.5, 0.6) is 0 Å². The normalized spacial score (nSPS) is 8.93. The number of carboxylic acid groups (broad SMARTS) is 1. The third-order valence-corrected chi connectivity index (χ3v) is 1.85. The first-order valence-electron chi connectivity index (χ1n) is 5.36. The number of unbranched alkanes of at least 4 members (excludes halogenated alkanes) is 1. The minimum Gasteiger partial charge on any atom is -0.481 e. The Bertz CT molecular complexity index is 260. The molecule has 0 aliphatic rings. The molecule has 0 fully saturated rings. The summed E-state index contributed by atoms with van der Waals surface area (Å²) in [6.07, 6.45) is 6.97. The van der Waals surface area contributed by atoms with Crippen LogP contribution in [-0.2, 0) is 11.3 Å². The van der Waals surface area contributed by atoms with Gasteiger partial charge in [0.2, 0.25) is 0 Å². The van der Waals surface area contributed by atoms with Crippen LogP contribution in [0.25, 0.3) is 0 Å². The van der Waals surface area contributed by atoms with Crippen LogP contribution in [0, 0.1) is 0 Å². The van der Waals surface area contributed by atoms with Gasteiger partial charge < -0.3 is 5.11 Å². The Morgan fingerprint density at radius 3 is 2.13 bits per heavy atom. The lowest BCUT2D eigenvalue weighted by atomic mass is 10.3. The maximum atomic E-state index is 9.37. The number of aromatic nitrogens is 1. The third-order valence-electron chi connectivity index (χ3n) is 1.85. The smallest absolute Gasteiger partial charge is 0.303 e. The standard InChI is InChI=1S/C9H14N.C3H6O2/c1-2-3-7-10-8-5-4-6-9-10;1-2-3(4)5/h4-6,8-9H,2-3,7H2,1H3;2H2,1H3,(H,4,5)/q+1;. The number of pyridine rings is 1. The van der Waals surface area contributed by atoms with Crippen LogP contribution in [0.3, 0.4) is 0 Å². The highest BCUT2D eigenvalue weighted by Crippen LogP contribution is 1.85. The fourth-order valence-corrected chi connectivity index (χ4v) is 0.924. The lowest BCUT2D eigenvalue weighted by Crippen LogP contribution is -2.31. The number of hydrogen-bond donors (Lipinski definition) is 1. The lowest BCUT2D eigenvalue weighted by molar-refractivity contribution is -0.697. The van der Waals surface area contributed by atoms with Crippen LogP contribution >= 0.6 is 0 Å². The molecule has 1 N–H and O–H groups in total. The zero-order valence-electron chi connectivity index (χ0n) is 9.52. The Labute approximate surface area is 91.4 Å². The first kappa shape index (κ1) is 13.6. The van der Waals surface area contributed by atoms with E-state index in [1.54, 1.807) is 6.92 Å². The summed E-state index contributed by atoms with van der Waals surface area (Å²) in [4.78, 5) is 9.37. The Morgan fingerprint density at radius 2 is 1.73 bits per heavy atom. The van der Waals surface area contributed by atoms with Crippen LogP contribution in [0.15, 0.2) is 30.6 Å². The molecule has 0 aliphatic carbocycles. The SMILES string of the molecule is CCC(=O)O.CCCC[n+]1ccccc1. The molecular weight excluding hydrogens is 190 g/mol. The van der Waals surface area contributed by atoms with Crippen LogP contribution < -0.4 is 4.57 Å². The molecular formula is C12H20NO2+. The Kier molecular flexibility index (Phi) is 8.34. The Hall–Kier alpha value is -1.38. The molecule has 0 bridgehead atoms. The maximum absolute atomic E-state index is 9.37. The summed E-state index contributed by atoms with van der Waals surface area (Å²) in [5.41, 5.74) is 0. The molecule has 0 radical (unpaired) electrons. The van der Waals surface area contributed by atoms with Gasteiger partial charge in [-0.15, -0.1) is 0 Å². The van der Waals surface area contributed by atoms with E-state index in [1.165, 1.54) is 12.8 Å². The van der Waals surface area contributed by atoms with Gasteiger partial charge in [0.05, 0.1) is 0 Å². The summed E-state index contributed by atoms with van der Waals surface area (Å²) in [5, 5.41) is 7.72. The van der Waals surface area contributed by atoms with Crippen LogP contribution in [0.2, 0.25) is 0 Å². The van der Waals surface area contributed by atoms with Crippen molar-refractivity contribution in [2.75, 3.05) is 0 Å². The molecule has 15 heavy (non-hydrogen) atoms. The van der Waals surface area contributed by atoms with Crippen LogP contribution in [-0.4, -0.2) is 11.1 Å². The summed E-state index contributed by atoms with van der Waals surface area (Å²) in [7, 11) is 0. The molecule has 0 unspecified atom stereocenters. The number of aliphatic carboxylic acids is 1. The molecule has 3 heteroatoms. The van der Waals surface area contributed by atoms with E-state index in [1.807, 2.05) is 6.07 Å². The monoisotopic (exact) mass is 210 g/mol. The lowest BCUT2D eigenvalue weighted by Gasteiger charge is -1.91. The molecule has 3 nitrogen and oxygen atoms in total. The van der Waals surface area contributed by atoms with Gasteiger partial charge >= 0.3 is 5.97 Å². The highest BCUT2D eigenvalue weighted by atomic mass is 16.4. The molecule has 0 spiro atoms. The summed E-state index contributed by atoms with van der Waals surface area (Å²) >= 11 is 0. The molecule has 0 saturated carbocycles. The van der Waals surface area contributed by atoms with Crippen LogP contribution in [0.4, 0.5) is 0 Å². The number of hydrogen-bond acceptors (Lipinski definition) is 1. The fraction of sp³-hybridized carbons (Fsp3) is 0.500. The summed E-state index contributed by atoms with van der Waals surface area (Å²) in [6, 6.07) is 6.17. The van der Waals surface area contributed by atoms with Crippen molar-refractivity contribution in [3.8, 4) is 0 Å². The van der Waals surface area contributed by atoms with Crippen molar-refractivity contribution < 1.29 is 14.5 Å². The number of carboxylic acids is 1. The first-order valence-corrected chi connectivity index (χ1v) is 5.36. The zero-order valence-corrected chi connectivity index (χ0v) is 9.52. The highest BCUT2D eigenvalue weighted by molar-refractivity contribution is 5.66. The van der Waals surface area contributed by atoms with Gasteiger partial charge in [0, 0.05) is 25.0 Å². The number of rotatable bonds is 4. The summed E-state index contributed by atoms with van der Waals surface area (Å²) in [5.74, 6) is -0.745. The van der Waals surface area contributed by atoms with Gasteiger partial charge in [-0.1, -0.05) is 26.3 Å². The topological polar surface area (TPSA) is 41.2 Å². The first-order chi connectivity index (χ1) is 7.20. The second-order valence-electron chi connectivity index (χ2n) is 3.21. The predicted molar refractivity (Wildman–Crippen MR) is 59.5 cm³/mol. The van der Waals surface area contributed by atoms with Gasteiger partial charge in [-0.05, 0) is 0 Å². The fourth-order valence-electron chi connectivity index (χ4n) is 0.924. The molecule has 1 rings (SSSR count). The van der Waals surface area contributed by atoms with Gasteiger partial charge in [-0.25, -0.2) is 4.57 Å². The molecule has 1 aromatic rings. The van der Waals surface area contributed by atoms with Crippen molar-refractivity contribution in [3.05, 3.63) is 30.6 Å². The molecule has 1 aromatic heterocycles. The minimum atomic E-state index is -0.745. The van der Waals surface area contributed by atoms with Gasteiger partial charge in [-0.3, -0.25) is 4.79 Å².